The first-order chi connectivity index (χ1) is 20.5. The third-order valence-corrected chi connectivity index (χ3v) is 10.9. The van der Waals surface area contributed by atoms with Crippen LogP contribution in [-0.2, 0) is 26.0 Å². The highest BCUT2D eigenvalue weighted by Gasteiger charge is 2.61. The van der Waals surface area contributed by atoms with Gasteiger partial charge in [0.15, 0.2) is 5.79 Å². The second-order valence-corrected chi connectivity index (χ2v) is 13.2. The van der Waals surface area contributed by atoms with Crippen molar-refractivity contribution in [2.24, 2.45) is 0 Å². The van der Waals surface area contributed by atoms with Gasteiger partial charge in [-0.25, -0.2) is 4.98 Å². The van der Waals surface area contributed by atoms with E-state index in [-0.39, 0.29) is 17.6 Å². The predicted octanol–water partition coefficient (Wildman–Crippen LogP) is 5.11. The molecule has 4 fully saturated rings. The van der Waals surface area contributed by atoms with E-state index in [9.17, 15) is 0 Å². The van der Waals surface area contributed by atoms with Gasteiger partial charge in [0, 0.05) is 30.3 Å². The number of likely N-dealkylation sites (tertiary alicyclic amines) is 1. The fraction of sp³-hybridized carbons (Fsp3) is 0.719. The lowest BCUT2D eigenvalue weighted by Gasteiger charge is -2.50. The molecule has 3 aromatic rings. The standard InChI is InChI=1S/C32H43N5O5/c1-20-18-24-29(37(20)22-10-15-38-19-22)33-28(34-30(24)41-21(2)25-9-7-14-36(25)3)26-23-8-6-12-31(27(23)35-42-26)11-4-5-13-32(31)39-16-17-40-32/h18,21-22,25H,4-17,19H2,1-3H3/t21-,22+,25-,31-/m0/s1. The second kappa shape index (κ2) is 10.3. The highest BCUT2D eigenvalue weighted by molar-refractivity contribution is 5.84. The van der Waals surface area contributed by atoms with Crippen LogP contribution in [0.4, 0.5) is 0 Å². The smallest absolute Gasteiger partial charge is 0.227 e. The van der Waals surface area contributed by atoms with E-state index in [0.29, 0.717) is 43.3 Å². The van der Waals surface area contributed by atoms with Crippen molar-refractivity contribution in [3.63, 3.8) is 0 Å². The highest BCUT2D eigenvalue weighted by Crippen LogP contribution is 2.57. The summed E-state index contributed by atoms with van der Waals surface area (Å²) in [5.41, 5.74) is 3.82. The molecule has 226 valence electrons. The zero-order valence-electron chi connectivity index (χ0n) is 25.2. The van der Waals surface area contributed by atoms with Gasteiger partial charge >= 0.3 is 0 Å². The molecule has 2 aliphatic carbocycles. The average Bonchev–Trinajstić information content (AvgIpc) is 3.81. The van der Waals surface area contributed by atoms with E-state index in [1.54, 1.807) is 0 Å². The molecule has 0 unspecified atom stereocenters. The number of hydrogen-bond acceptors (Lipinski definition) is 9. The van der Waals surface area contributed by atoms with Gasteiger partial charge in [-0.05, 0) is 84.9 Å². The van der Waals surface area contributed by atoms with E-state index >= 15 is 0 Å². The number of fused-ring (bicyclic) bond motifs is 4. The fourth-order valence-corrected chi connectivity index (χ4v) is 8.84. The minimum atomic E-state index is -0.606. The van der Waals surface area contributed by atoms with Crippen LogP contribution in [0.3, 0.4) is 0 Å². The van der Waals surface area contributed by atoms with E-state index in [4.69, 9.17) is 38.6 Å². The molecule has 0 N–H and O–H groups in total. The molecule has 2 spiro atoms. The van der Waals surface area contributed by atoms with Crippen LogP contribution < -0.4 is 4.74 Å². The van der Waals surface area contributed by atoms with Crippen LogP contribution in [0.15, 0.2) is 10.6 Å². The van der Waals surface area contributed by atoms with E-state index in [0.717, 1.165) is 98.9 Å². The lowest BCUT2D eigenvalue weighted by Crippen LogP contribution is -2.56. The topological polar surface area (TPSA) is 96.9 Å². The maximum Gasteiger partial charge on any atom is 0.227 e. The van der Waals surface area contributed by atoms with Gasteiger partial charge in [0.1, 0.15) is 11.8 Å². The highest BCUT2D eigenvalue weighted by atomic mass is 16.7. The van der Waals surface area contributed by atoms with E-state index in [1.807, 2.05) is 0 Å². The third-order valence-electron chi connectivity index (χ3n) is 10.9. The normalized spacial score (nSPS) is 30.1. The van der Waals surface area contributed by atoms with Crippen molar-refractivity contribution in [1.82, 2.24) is 24.6 Å². The Bertz CT molecular complexity index is 1470. The Morgan fingerprint density at radius 1 is 1.02 bits per heavy atom. The molecule has 10 nitrogen and oxygen atoms in total. The number of aryl methyl sites for hydroxylation is 1. The average molecular weight is 578 g/mol. The summed E-state index contributed by atoms with van der Waals surface area (Å²) >= 11 is 0. The molecule has 3 aliphatic heterocycles. The van der Waals surface area contributed by atoms with Crippen molar-refractivity contribution in [2.75, 3.05) is 40.0 Å². The summed E-state index contributed by atoms with van der Waals surface area (Å²) in [6, 6.07) is 2.77. The number of ether oxygens (including phenoxy) is 4. The first-order valence-corrected chi connectivity index (χ1v) is 16.1. The molecular weight excluding hydrogens is 534 g/mol. The van der Waals surface area contributed by atoms with Gasteiger partial charge in [-0.15, -0.1) is 0 Å². The van der Waals surface area contributed by atoms with Crippen molar-refractivity contribution >= 4 is 11.0 Å². The van der Waals surface area contributed by atoms with Crippen LogP contribution in [0.25, 0.3) is 22.6 Å². The monoisotopic (exact) mass is 577 g/mol. The molecule has 0 aromatic carbocycles. The lowest BCUT2D eigenvalue weighted by atomic mass is 9.61. The molecule has 0 bridgehead atoms. The van der Waals surface area contributed by atoms with E-state index < -0.39 is 5.79 Å². The van der Waals surface area contributed by atoms with Crippen LogP contribution in [-0.4, -0.2) is 82.5 Å². The molecule has 0 amide bonds. The molecule has 42 heavy (non-hydrogen) atoms. The van der Waals surface area contributed by atoms with Gasteiger partial charge in [-0.2, -0.15) is 4.98 Å². The minimum Gasteiger partial charge on any atom is -0.472 e. The van der Waals surface area contributed by atoms with Crippen LogP contribution >= 0.6 is 0 Å². The zero-order chi connectivity index (χ0) is 28.5. The van der Waals surface area contributed by atoms with Crippen LogP contribution in [0, 0.1) is 6.92 Å². The molecule has 3 saturated heterocycles. The van der Waals surface area contributed by atoms with Gasteiger partial charge in [0.05, 0.1) is 42.4 Å². The van der Waals surface area contributed by atoms with Gasteiger partial charge < -0.3 is 28.0 Å². The third kappa shape index (κ3) is 4.01. The van der Waals surface area contributed by atoms with Crippen LogP contribution in [0.1, 0.15) is 87.7 Å². The Balaban J connectivity index is 1.26. The van der Waals surface area contributed by atoms with Crippen LogP contribution in [0.5, 0.6) is 5.88 Å². The Kier molecular flexibility index (Phi) is 6.62. The summed E-state index contributed by atoms with van der Waals surface area (Å²) in [4.78, 5) is 12.7. The number of likely N-dealkylation sites (N-methyl/N-ethyl adjacent to an activating group) is 1. The van der Waals surface area contributed by atoms with Crippen molar-refractivity contribution in [3.05, 3.63) is 23.0 Å². The summed E-state index contributed by atoms with van der Waals surface area (Å²) < 4.78 is 33.9. The molecule has 6 heterocycles. The Morgan fingerprint density at radius 3 is 2.64 bits per heavy atom. The molecule has 10 heteroatoms. The molecule has 8 rings (SSSR count). The number of hydrogen-bond donors (Lipinski definition) is 0. The molecular formula is C32H43N5O5. The first-order valence-electron chi connectivity index (χ1n) is 16.1. The SMILES string of the molecule is Cc1cc2c(O[C@@H](C)[C@@H]3CCCN3C)nc(-c3onc4c3CCC[C@@]43CCCCC34OCCO4)nc2n1[C@@H]1CCOC1. The first kappa shape index (κ1) is 27.0. The molecule has 4 atom stereocenters. The maximum absolute atomic E-state index is 6.74. The second-order valence-electron chi connectivity index (χ2n) is 13.2. The summed E-state index contributed by atoms with van der Waals surface area (Å²) in [7, 11) is 2.19. The van der Waals surface area contributed by atoms with Gasteiger partial charge in [0.2, 0.25) is 17.5 Å². The summed E-state index contributed by atoms with van der Waals surface area (Å²) in [5, 5.41) is 5.73. The zero-order valence-corrected chi connectivity index (χ0v) is 25.2. The minimum absolute atomic E-state index is 0.00686. The largest absolute Gasteiger partial charge is 0.472 e. The molecule has 0 radical (unpaired) electrons. The quantitative estimate of drug-likeness (QED) is 0.410. The van der Waals surface area contributed by atoms with Crippen molar-refractivity contribution in [2.45, 2.75) is 107 Å². The number of nitrogens with zero attached hydrogens (tertiary/aromatic N) is 5. The van der Waals surface area contributed by atoms with Crippen molar-refractivity contribution in [1.29, 1.82) is 0 Å². The van der Waals surface area contributed by atoms with Gasteiger partial charge in [0.25, 0.3) is 0 Å². The molecule has 5 aliphatic rings. The summed E-state index contributed by atoms with van der Waals surface area (Å²) in [6.45, 7) is 8.13. The van der Waals surface area contributed by atoms with Crippen LogP contribution in [0.2, 0.25) is 0 Å². The predicted molar refractivity (Wildman–Crippen MR) is 156 cm³/mol. The number of aromatic nitrogens is 4. The van der Waals surface area contributed by atoms with E-state index in [1.165, 1.54) is 6.42 Å². The Hall–Kier alpha value is -2.53. The lowest BCUT2D eigenvalue weighted by molar-refractivity contribution is -0.231. The van der Waals surface area contributed by atoms with Crippen molar-refractivity contribution < 1.29 is 23.5 Å². The number of rotatable bonds is 5. The summed E-state index contributed by atoms with van der Waals surface area (Å²) in [6.07, 6.45) is 10.3. The molecule has 3 aromatic heterocycles. The van der Waals surface area contributed by atoms with Gasteiger partial charge in [-0.1, -0.05) is 11.6 Å². The summed E-state index contributed by atoms with van der Waals surface area (Å²) in [5.74, 6) is 1.22. The van der Waals surface area contributed by atoms with Crippen molar-refractivity contribution in [3.8, 4) is 17.5 Å². The Labute approximate surface area is 247 Å². The van der Waals surface area contributed by atoms with Gasteiger partial charge in [-0.3, -0.25) is 4.90 Å². The fourth-order valence-electron chi connectivity index (χ4n) is 8.84. The maximum atomic E-state index is 6.74. The molecule has 1 saturated carbocycles. The van der Waals surface area contributed by atoms with E-state index in [2.05, 4.69) is 36.4 Å². The Morgan fingerprint density at radius 2 is 1.86 bits per heavy atom.